The summed E-state index contributed by atoms with van der Waals surface area (Å²) in [6.45, 7) is 0.00229. The van der Waals surface area contributed by atoms with Crippen molar-refractivity contribution in [3.8, 4) is 0 Å². The van der Waals surface area contributed by atoms with Gasteiger partial charge in [0.05, 0.1) is 12.0 Å². The Hall–Kier alpha value is -3.28. The molecule has 0 saturated carbocycles. The molecule has 0 aliphatic heterocycles. The molecule has 0 amide bonds. The molecule has 0 aliphatic rings. The normalized spacial score (nSPS) is 10.7. The topological polar surface area (TPSA) is 73.6 Å². The van der Waals surface area contributed by atoms with Gasteiger partial charge in [-0.05, 0) is 42.8 Å². The molecule has 0 N–H and O–H groups in total. The second-order valence-corrected chi connectivity index (χ2v) is 5.64. The van der Waals surface area contributed by atoms with Crippen LogP contribution >= 0.6 is 0 Å². The summed E-state index contributed by atoms with van der Waals surface area (Å²) in [6.07, 6.45) is 0.459. The van der Waals surface area contributed by atoms with Gasteiger partial charge in [-0.1, -0.05) is 12.1 Å². The summed E-state index contributed by atoms with van der Waals surface area (Å²) in [5, 5.41) is 0.383. The molecule has 26 heavy (non-hydrogen) atoms. The molecular weight excluding hydrogens is 339 g/mol. The van der Waals surface area contributed by atoms with Crippen molar-refractivity contribution in [3.63, 3.8) is 0 Å². The number of para-hydroxylation sites is 1. The Morgan fingerprint density at radius 1 is 1.04 bits per heavy atom. The number of fused-ring (bicyclic) bond motifs is 1. The number of esters is 1. The van der Waals surface area contributed by atoms with E-state index in [0.717, 1.165) is 6.07 Å². The molecule has 0 bridgehead atoms. The highest BCUT2D eigenvalue weighted by atomic mass is 19.1. The summed E-state index contributed by atoms with van der Waals surface area (Å²) in [4.78, 5) is 35.9. The monoisotopic (exact) mass is 354 g/mol. The van der Waals surface area contributed by atoms with E-state index >= 15 is 0 Å². The minimum Gasteiger partial charge on any atom is -0.460 e. The average Bonchev–Trinajstić information content (AvgIpc) is 2.65. The number of halogens is 1. The maximum absolute atomic E-state index is 12.8. The van der Waals surface area contributed by atoms with Crippen LogP contribution in [0.4, 0.5) is 4.39 Å². The highest BCUT2D eigenvalue weighted by molar-refractivity contribution is 5.96. The molecule has 0 aliphatic carbocycles. The van der Waals surface area contributed by atoms with Gasteiger partial charge in [0, 0.05) is 18.1 Å². The van der Waals surface area contributed by atoms with Gasteiger partial charge in [0.1, 0.15) is 11.4 Å². The Kier molecular flexibility index (Phi) is 5.22. The predicted molar refractivity (Wildman–Crippen MR) is 92.7 cm³/mol. The van der Waals surface area contributed by atoms with Crippen LogP contribution in [0.25, 0.3) is 11.0 Å². The minimum atomic E-state index is -0.762. The van der Waals surface area contributed by atoms with Crippen LogP contribution in [0.2, 0.25) is 0 Å². The summed E-state index contributed by atoms with van der Waals surface area (Å²) in [5.41, 5.74) is 0.377. The number of ketones is 1. The van der Waals surface area contributed by atoms with E-state index in [1.54, 1.807) is 24.3 Å². The maximum Gasteiger partial charge on any atom is 0.374 e. The Labute approximate surface area is 148 Å². The van der Waals surface area contributed by atoms with Gasteiger partial charge in [-0.15, -0.1) is 0 Å². The van der Waals surface area contributed by atoms with Crippen LogP contribution in [0, 0.1) is 5.82 Å². The van der Waals surface area contributed by atoms with E-state index in [2.05, 4.69) is 0 Å². The van der Waals surface area contributed by atoms with Crippen molar-refractivity contribution in [1.82, 2.24) is 0 Å². The number of ether oxygens (including phenoxy) is 1. The predicted octanol–water partition coefficient (Wildman–Crippen LogP) is 3.75. The molecule has 3 rings (SSSR count). The van der Waals surface area contributed by atoms with Gasteiger partial charge < -0.3 is 9.15 Å². The van der Waals surface area contributed by atoms with E-state index in [1.165, 1.54) is 24.3 Å². The minimum absolute atomic E-state index is 0.00229. The summed E-state index contributed by atoms with van der Waals surface area (Å²) in [7, 11) is 0. The highest BCUT2D eigenvalue weighted by Gasteiger charge is 2.14. The second kappa shape index (κ2) is 7.74. The van der Waals surface area contributed by atoms with E-state index in [0.29, 0.717) is 23.0 Å². The molecule has 1 aromatic heterocycles. The zero-order valence-corrected chi connectivity index (χ0v) is 13.7. The molecule has 0 saturated heterocycles. The van der Waals surface area contributed by atoms with Crippen molar-refractivity contribution >= 4 is 22.7 Å². The number of carbonyl (C=O) groups excluding carboxylic acids is 2. The Balaban J connectivity index is 1.55. The van der Waals surface area contributed by atoms with Crippen molar-refractivity contribution in [2.75, 3.05) is 6.61 Å². The Bertz CT molecular complexity index is 1000. The van der Waals surface area contributed by atoms with Crippen LogP contribution < -0.4 is 5.43 Å². The first-order valence-corrected chi connectivity index (χ1v) is 8.03. The van der Waals surface area contributed by atoms with Crippen LogP contribution in [0.1, 0.15) is 33.8 Å². The maximum atomic E-state index is 12.8. The molecule has 5 nitrogen and oxygen atoms in total. The lowest BCUT2D eigenvalue weighted by atomic mass is 10.1. The SMILES string of the molecule is O=C(CCCOC(=O)c1cc(=O)c2ccccc2o1)c1ccc(F)cc1. The van der Waals surface area contributed by atoms with Gasteiger partial charge in [-0.2, -0.15) is 0 Å². The number of benzene rings is 2. The average molecular weight is 354 g/mol. The largest absolute Gasteiger partial charge is 0.460 e. The van der Waals surface area contributed by atoms with Gasteiger partial charge in [-0.25, -0.2) is 9.18 Å². The van der Waals surface area contributed by atoms with Crippen LogP contribution in [-0.2, 0) is 4.74 Å². The fourth-order valence-corrected chi connectivity index (χ4v) is 2.45. The first-order valence-electron chi connectivity index (χ1n) is 8.03. The molecular formula is C20H15FO5. The zero-order chi connectivity index (χ0) is 18.5. The van der Waals surface area contributed by atoms with Crippen LogP contribution in [0.3, 0.4) is 0 Å². The molecule has 0 atom stereocenters. The van der Waals surface area contributed by atoms with Crippen LogP contribution in [0.5, 0.6) is 0 Å². The smallest absolute Gasteiger partial charge is 0.374 e. The number of Topliss-reactive ketones (excluding diaryl/α,β-unsaturated/α-hetero) is 1. The lowest BCUT2D eigenvalue weighted by Gasteiger charge is -2.05. The molecule has 0 unspecified atom stereocenters. The lowest BCUT2D eigenvalue weighted by molar-refractivity contribution is 0.0459. The number of rotatable bonds is 6. The summed E-state index contributed by atoms with van der Waals surface area (Å²) in [5.74, 6) is -1.52. The van der Waals surface area contributed by atoms with Gasteiger partial charge in [0.25, 0.3) is 0 Å². The number of hydrogen-bond donors (Lipinski definition) is 0. The molecule has 0 spiro atoms. The third-order valence-corrected chi connectivity index (χ3v) is 3.78. The van der Waals surface area contributed by atoms with E-state index in [1.807, 2.05) is 0 Å². The molecule has 6 heteroatoms. The number of hydrogen-bond acceptors (Lipinski definition) is 5. The lowest BCUT2D eigenvalue weighted by Crippen LogP contribution is -2.11. The van der Waals surface area contributed by atoms with E-state index in [9.17, 15) is 18.8 Å². The third-order valence-electron chi connectivity index (χ3n) is 3.78. The summed E-state index contributed by atoms with van der Waals surface area (Å²) >= 11 is 0. The van der Waals surface area contributed by atoms with Gasteiger partial charge in [0.2, 0.25) is 5.76 Å². The molecule has 3 aromatic rings. The van der Waals surface area contributed by atoms with Crippen LogP contribution in [-0.4, -0.2) is 18.4 Å². The second-order valence-electron chi connectivity index (χ2n) is 5.64. The molecule has 1 heterocycles. The first kappa shape index (κ1) is 17.5. The molecule has 0 fully saturated rings. The first-order chi connectivity index (χ1) is 12.5. The number of carbonyl (C=O) groups is 2. The van der Waals surface area contributed by atoms with Crippen molar-refractivity contribution in [2.45, 2.75) is 12.8 Å². The Morgan fingerprint density at radius 3 is 2.54 bits per heavy atom. The fourth-order valence-electron chi connectivity index (χ4n) is 2.45. The summed E-state index contributed by atoms with van der Waals surface area (Å²) in [6, 6.07) is 12.9. The van der Waals surface area contributed by atoms with E-state index in [-0.39, 0.29) is 30.0 Å². The van der Waals surface area contributed by atoms with E-state index < -0.39 is 11.8 Å². The van der Waals surface area contributed by atoms with Crippen LogP contribution in [0.15, 0.2) is 63.8 Å². The van der Waals surface area contributed by atoms with Crippen molar-refractivity contribution < 1.29 is 23.1 Å². The van der Waals surface area contributed by atoms with Gasteiger partial charge in [-0.3, -0.25) is 9.59 Å². The molecule has 0 radical (unpaired) electrons. The summed E-state index contributed by atoms with van der Waals surface area (Å²) < 4.78 is 23.3. The van der Waals surface area contributed by atoms with Crippen molar-refractivity contribution in [1.29, 1.82) is 0 Å². The molecule has 132 valence electrons. The van der Waals surface area contributed by atoms with E-state index in [4.69, 9.17) is 9.15 Å². The highest BCUT2D eigenvalue weighted by Crippen LogP contribution is 2.13. The van der Waals surface area contributed by atoms with Crippen molar-refractivity contribution in [2.24, 2.45) is 0 Å². The van der Waals surface area contributed by atoms with Crippen molar-refractivity contribution in [3.05, 3.63) is 82.0 Å². The third kappa shape index (κ3) is 4.03. The zero-order valence-electron chi connectivity index (χ0n) is 13.7. The Morgan fingerprint density at radius 2 is 1.77 bits per heavy atom. The quantitative estimate of drug-likeness (QED) is 0.383. The fraction of sp³-hybridized carbons (Fsp3) is 0.150. The standard InChI is InChI=1S/C20H15FO5/c21-14-9-7-13(8-10-14)16(22)5-3-11-25-20(24)19-12-17(23)15-4-1-2-6-18(15)26-19/h1-2,4,6-10,12H,3,5,11H2. The van der Waals surface area contributed by atoms with Gasteiger partial charge >= 0.3 is 5.97 Å². The molecule has 2 aromatic carbocycles. The van der Waals surface area contributed by atoms with Gasteiger partial charge in [0.15, 0.2) is 11.2 Å².